The van der Waals surface area contributed by atoms with E-state index in [2.05, 4.69) is 4.98 Å². The number of hydrazine groups is 1. The summed E-state index contributed by atoms with van der Waals surface area (Å²) in [5.74, 6) is -0.611. The van der Waals surface area contributed by atoms with E-state index in [1.807, 2.05) is 0 Å². The van der Waals surface area contributed by atoms with Gasteiger partial charge in [-0.05, 0) is 6.07 Å². The molecule has 0 saturated heterocycles. The maximum Gasteiger partial charge on any atom is 0.277 e. The average Bonchev–Trinajstić information content (AvgIpc) is 2.41. The third-order valence-electron chi connectivity index (χ3n) is 2.07. The second-order valence-corrected chi connectivity index (χ2v) is 3.19. The zero-order chi connectivity index (χ0) is 10.3. The zero-order valence-electron chi connectivity index (χ0n) is 7.89. The van der Waals surface area contributed by atoms with Gasteiger partial charge in [-0.2, -0.15) is 0 Å². The smallest absolute Gasteiger partial charge is 0.267 e. The standard InChI is InChI=1S/C9H9N3O2/c1-11(2)12-8(13)6-3-4-10-5-7(6)9(12)14/h3-5H,1-2H3. The van der Waals surface area contributed by atoms with Crippen LogP contribution in [-0.2, 0) is 0 Å². The Morgan fingerprint density at radius 2 is 1.86 bits per heavy atom. The summed E-state index contributed by atoms with van der Waals surface area (Å²) >= 11 is 0. The van der Waals surface area contributed by atoms with Crippen LogP contribution in [0.5, 0.6) is 0 Å². The van der Waals surface area contributed by atoms with E-state index in [0.717, 1.165) is 5.01 Å². The van der Waals surface area contributed by atoms with Crippen molar-refractivity contribution in [3.8, 4) is 0 Å². The van der Waals surface area contributed by atoms with Gasteiger partial charge in [-0.3, -0.25) is 14.6 Å². The summed E-state index contributed by atoms with van der Waals surface area (Å²) in [6, 6.07) is 1.55. The first-order valence-corrected chi connectivity index (χ1v) is 4.13. The number of rotatable bonds is 1. The monoisotopic (exact) mass is 191 g/mol. The first kappa shape index (κ1) is 8.83. The van der Waals surface area contributed by atoms with Crippen molar-refractivity contribution in [2.75, 3.05) is 14.1 Å². The Bertz CT molecular complexity index is 379. The van der Waals surface area contributed by atoms with E-state index >= 15 is 0 Å². The zero-order valence-corrected chi connectivity index (χ0v) is 7.89. The highest BCUT2D eigenvalue weighted by Crippen LogP contribution is 2.21. The van der Waals surface area contributed by atoms with Crippen molar-refractivity contribution in [2.45, 2.75) is 0 Å². The summed E-state index contributed by atoms with van der Waals surface area (Å²) in [4.78, 5) is 27.2. The van der Waals surface area contributed by atoms with Crippen molar-refractivity contribution in [1.82, 2.24) is 15.0 Å². The molecule has 0 radical (unpaired) electrons. The third-order valence-corrected chi connectivity index (χ3v) is 2.07. The van der Waals surface area contributed by atoms with Gasteiger partial charge in [-0.1, -0.05) is 0 Å². The predicted octanol–water partition coefficient (Wildman–Crippen LogP) is 0.154. The fourth-order valence-electron chi connectivity index (χ4n) is 1.44. The Hall–Kier alpha value is -1.75. The van der Waals surface area contributed by atoms with Crippen LogP contribution in [0.1, 0.15) is 20.7 Å². The lowest BCUT2D eigenvalue weighted by Crippen LogP contribution is -2.41. The maximum absolute atomic E-state index is 11.7. The van der Waals surface area contributed by atoms with Gasteiger partial charge in [0.2, 0.25) is 0 Å². The van der Waals surface area contributed by atoms with E-state index in [1.54, 1.807) is 20.2 Å². The minimum Gasteiger partial charge on any atom is -0.267 e. The molecule has 0 spiro atoms. The van der Waals surface area contributed by atoms with Gasteiger partial charge < -0.3 is 0 Å². The Labute approximate surface area is 80.9 Å². The lowest BCUT2D eigenvalue weighted by Gasteiger charge is -2.20. The van der Waals surface area contributed by atoms with Crippen molar-refractivity contribution in [3.05, 3.63) is 29.6 Å². The summed E-state index contributed by atoms with van der Waals surface area (Å²) in [7, 11) is 3.30. The summed E-state index contributed by atoms with van der Waals surface area (Å²) in [5.41, 5.74) is 0.782. The van der Waals surface area contributed by atoms with E-state index in [-0.39, 0.29) is 11.8 Å². The molecule has 1 aliphatic rings. The summed E-state index contributed by atoms with van der Waals surface area (Å²) in [5, 5.41) is 2.55. The molecule has 2 amide bonds. The highest BCUT2D eigenvalue weighted by molar-refractivity contribution is 6.20. The normalized spacial score (nSPS) is 15.2. The Kier molecular flexibility index (Phi) is 1.82. The fraction of sp³-hybridized carbons (Fsp3) is 0.222. The minimum absolute atomic E-state index is 0.294. The molecule has 0 fully saturated rings. The van der Waals surface area contributed by atoms with Gasteiger partial charge in [-0.25, -0.2) is 10.0 Å². The van der Waals surface area contributed by atoms with Gasteiger partial charge in [0.15, 0.2) is 0 Å². The van der Waals surface area contributed by atoms with E-state index in [4.69, 9.17) is 0 Å². The molecule has 2 heterocycles. The molecule has 0 atom stereocenters. The van der Waals surface area contributed by atoms with Crippen molar-refractivity contribution in [1.29, 1.82) is 0 Å². The molecule has 1 aromatic rings. The number of pyridine rings is 1. The van der Waals surface area contributed by atoms with Crippen molar-refractivity contribution in [2.24, 2.45) is 0 Å². The van der Waals surface area contributed by atoms with Crippen LogP contribution in [0.25, 0.3) is 0 Å². The third kappa shape index (κ3) is 1.03. The molecule has 0 aliphatic carbocycles. The molecular formula is C9H9N3O2. The fourth-order valence-corrected chi connectivity index (χ4v) is 1.44. The minimum atomic E-state index is -0.317. The molecule has 5 nitrogen and oxygen atoms in total. The molecular weight excluding hydrogens is 182 g/mol. The first-order chi connectivity index (χ1) is 6.63. The largest absolute Gasteiger partial charge is 0.277 e. The Morgan fingerprint density at radius 1 is 1.21 bits per heavy atom. The summed E-state index contributed by atoms with van der Waals surface area (Å²) < 4.78 is 0. The highest BCUT2D eigenvalue weighted by atomic mass is 16.2. The van der Waals surface area contributed by atoms with Gasteiger partial charge in [-0.15, -0.1) is 0 Å². The lowest BCUT2D eigenvalue weighted by molar-refractivity contribution is 0.0234. The van der Waals surface area contributed by atoms with Crippen molar-refractivity contribution < 1.29 is 9.59 Å². The number of fused-ring (bicyclic) bond motifs is 1. The molecule has 5 heteroatoms. The second kappa shape index (κ2) is 2.88. The molecule has 2 rings (SSSR count). The highest BCUT2D eigenvalue weighted by Gasteiger charge is 2.36. The SMILES string of the molecule is CN(C)N1C(=O)c2ccncc2C1=O. The Morgan fingerprint density at radius 3 is 2.43 bits per heavy atom. The van der Waals surface area contributed by atoms with E-state index in [1.165, 1.54) is 17.4 Å². The van der Waals surface area contributed by atoms with Gasteiger partial charge in [0.25, 0.3) is 11.8 Å². The van der Waals surface area contributed by atoms with Crippen molar-refractivity contribution in [3.63, 3.8) is 0 Å². The van der Waals surface area contributed by atoms with E-state index in [9.17, 15) is 9.59 Å². The molecule has 72 valence electrons. The first-order valence-electron chi connectivity index (χ1n) is 4.13. The molecule has 0 aromatic carbocycles. The predicted molar refractivity (Wildman–Crippen MR) is 48.4 cm³/mol. The van der Waals surface area contributed by atoms with Crippen molar-refractivity contribution >= 4 is 11.8 Å². The lowest BCUT2D eigenvalue weighted by atomic mass is 10.2. The van der Waals surface area contributed by atoms with Crippen LogP contribution in [0.15, 0.2) is 18.5 Å². The van der Waals surface area contributed by atoms with Gasteiger partial charge in [0, 0.05) is 26.5 Å². The molecule has 1 aromatic heterocycles. The van der Waals surface area contributed by atoms with Gasteiger partial charge in [0.05, 0.1) is 11.1 Å². The van der Waals surface area contributed by atoms with Crippen LogP contribution in [0.2, 0.25) is 0 Å². The van der Waals surface area contributed by atoms with Gasteiger partial charge in [0.1, 0.15) is 0 Å². The molecule has 0 N–H and O–H groups in total. The topological polar surface area (TPSA) is 53.5 Å². The molecule has 0 unspecified atom stereocenters. The number of imide groups is 1. The number of hydrogen-bond donors (Lipinski definition) is 0. The van der Waals surface area contributed by atoms with Crippen LogP contribution < -0.4 is 0 Å². The quantitative estimate of drug-likeness (QED) is 0.593. The summed E-state index contributed by atoms with van der Waals surface area (Å²) in [6.07, 6.45) is 2.92. The molecule has 1 aliphatic heterocycles. The van der Waals surface area contributed by atoms with Gasteiger partial charge >= 0.3 is 0 Å². The number of hydrogen-bond acceptors (Lipinski definition) is 4. The Balaban J connectivity index is 2.54. The van der Waals surface area contributed by atoms with Crippen LogP contribution >= 0.6 is 0 Å². The number of carbonyl (C=O) groups is 2. The van der Waals surface area contributed by atoms with E-state index in [0.29, 0.717) is 11.1 Å². The van der Waals surface area contributed by atoms with Crippen LogP contribution in [-0.4, -0.2) is 40.9 Å². The number of carbonyl (C=O) groups excluding carboxylic acids is 2. The molecule has 0 saturated carbocycles. The van der Waals surface area contributed by atoms with Crippen LogP contribution in [0, 0.1) is 0 Å². The number of amides is 2. The number of aromatic nitrogens is 1. The maximum atomic E-state index is 11.7. The number of nitrogens with zero attached hydrogens (tertiary/aromatic N) is 3. The second-order valence-electron chi connectivity index (χ2n) is 3.19. The molecule has 14 heavy (non-hydrogen) atoms. The average molecular weight is 191 g/mol. The molecule has 0 bridgehead atoms. The van der Waals surface area contributed by atoms with Crippen LogP contribution in [0.4, 0.5) is 0 Å². The van der Waals surface area contributed by atoms with Crippen LogP contribution in [0.3, 0.4) is 0 Å². The summed E-state index contributed by atoms with van der Waals surface area (Å²) in [6.45, 7) is 0. The van der Waals surface area contributed by atoms with E-state index < -0.39 is 0 Å².